The van der Waals surface area contributed by atoms with E-state index in [4.69, 9.17) is 0 Å². The Morgan fingerprint density at radius 1 is 1.29 bits per heavy atom. The summed E-state index contributed by atoms with van der Waals surface area (Å²) in [4.78, 5) is 0. The third kappa shape index (κ3) is 2.66. The second kappa shape index (κ2) is 5.41. The molecule has 2 fully saturated rings. The highest BCUT2D eigenvalue weighted by atomic mass is 32.2. The van der Waals surface area contributed by atoms with Crippen LogP contribution in [0.15, 0.2) is 0 Å². The number of nitrogens with one attached hydrogen (secondary N) is 1. The summed E-state index contributed by atoms with van der Waals surface area (Å²) in [5.41, 5.74) is 0. The molecule has 0 amide bonds. The number of hydrogen-bond acceptors (Lipinski definition) is 2. The van der Waals surface area contributed by atoms with Crippen molar-refractivity contribution < 1.29 is 0 Å². The summed E-state index contributed by atoms with van der Waals surface area (Å²) in [7, 11) is 0. The molecule has 2 saturated carbocycles. The Bertz CT molecular complexity index is 172. The van der Waals surface area contributed by atoms with Crippen molar-refractivity contribution in [2.24, 2.45) is 17.8 Å². The lowest BCUT2D eigenvalue weighted by molar-refractivity contribution is 0.321. The lowest BCUT2D eigenvalue weighted by Gasteiger charge is -2.21. The summed E-state index contributed by atoms with van der Waals surface area (Å²) in [6.07, 6.45) is 6.14. The van der Waals surface area contributed by atoms with E-state index in [0.29, 0.717) is 0 Å². The van der Waals surface area contributed by atoms with Gasteiger partial charge in [-0.1, -0.05) is 13.3 Å². The number of fused-ring (bicyclic) bond motifs is 2. The molecule has 0 aromatic heterocycles. The van der Waals surface area contributed by atoms with Gasteiger partial charge in [-0.05, 0) is 49.3 Å². The molecule has 0 heterocycles. The second-order valence-corrected chi connectivity index (χ2v) is 6.23. The smallest absolute Gasteiger partial charge is 0.00580 e. The molecule has 0 radical (unpaired) electrons. The summed E-state index contributed by atoms with van der Waals surface area (Å²) < 4.78 is 0. The van der Waals surface area contributed by atoms with Crippen LogP contribution in [0.3, 0.4) is 0 Å². The highest BCUT2D eigenvalue weighted by molar-refractivity contribution is 7.99. The van der Waals surface area contributed by atoms with Gasteiger partial charge >= 0.3 is 0 Å². The molecule has 2 aliphatic carbocycles. The van der Waals surface area contributed by atoms with Gasteiger partial charge in [0.2, 0.25) is 0 Å². The van der Waals surface area contributed by atoms with Gasteiger partial charge in [-0.3, -0.25) is 0 Å². The standard InChI is InChI=1S/C12H23NS/c1-2-14-6-5-13-9-12-8-10-3-4-11(12)7-10/h10-13H,2-9H2,1H3. The maximum Gasteiger partial charge on any atom is 0.00580 e. The molecule has 14 heavy (non-hydrogen) atoms. The molecule has 2 aliphatic rings. The van der Waals surface area contributed by atoms with Crippen molar-refractivity contribution >= 4 is 11.8 Å². The van der Waals surface area contributed by atoms with Crippen LogP contribution in [-0.4, -0.2) is 24.6 Å². The molecule has 3 unspecified atom stereocenters. The molecule has 0 aromatic rings. The summed E-state index contributed by atoms with van der Waals surface area (Å²) in [6, 6.07) is 0. The van der Waals surface area contributed by atoms with Gasteiger partial charge < -0.3 is 5.32 Å². The molecule has 3 atom stereocenters. The third-order valence-corrected chi connectivity index (χ3v) is 4.82. The van der Waals surface area contributed by atoms with Crippen molar-refractivity contribution in [1.29, 1.82) is 0 Å². The van der Waals surface area contributed by atoms with Crippen LogP contribution in [-0.2, 0) is 0 Å². The van der Waals surface area contributed by atoms with E-state index in [1.54, 1.807) is 6.42 Å². The average Bonchev–Trinajstić information content (AvgIpc) is 2.79. The topological polar surface area (TPSA) is 12.0 Å². The third-order valence-electron chi connectivity index (χ3n) is 3.92. The SMILES string of the molecule is CCSCCNCC1CC2CCC1C2. The van der Waals surface area contributed by atoms with Crippen molar-refractivity contribution in [3.8, 4) is 0 Å². The summed E-state index contributed by atoms with van der Waals surface area (Å²) in [6.45, 7) is 4.75. The van der Waals surface area contributed by atoms with Crippen LogP contribution in [0.4, 0.5) is 0 Å². The lowest BCUT2D eigenvalue weighted by atomic mass is 9.89. The van der Waals surface area contributed by atoms with E-state index in [2.05, 4.69) is 12.2 Å². The van der Waals surface area contributed by atoms with Gasteiger partial charge in [-0.25, -0.2) is 0 Å². The van der Waals surface area contributed by atoms with Crippen LogP contribution >= 0.6 is 11.8 Å². The lowest BCUT2D eigenvalue weighted by Crippen LogP contribution is -2.28. The molecule has 82 valence electrons. The van der Waals surface area contributed by atoms with Gasteiger partial charge in [-0.15, -0.1) is 0 Å². The molecule has 1 nitrogen and oxygen atoms in total. The Kier molecular flexibility index (Phi) is 4.18. The highest BCUT2D eigenvalue weighted by Crippen LogP contribution is 2.47. The van der Waals surface area contributed by atoms with Gasteiger partial charge in [-0.2, -0.15) is 11.8 Å². The summed E-state index contributed by atoms with van der Waals surface area (Å²) in [5.74, 6) is 5.77. The predicted octanol–water partition coefficient (Wildman–Crippen LogP) is 2.77. The maximum atomic E-state index is 3.63. The maximum absolute atomic E-state index is 3.63. The second-order valence-electron chi connectivity index (χ2n) is 4.84. The van der Waals surface area contributed by atoms with E-state index in [1.807, 2.05) is 11.8 Å². The van der Waals surface area contributed by atoms with Gasteiger partial charge in [0.1, 0.15) is 0 Å². The van der Waals surface area contributed by atoms with E-state index in [0.717, 1.165) is 17.8 Å². The normalized spacial score (nSPS) is 35.4. The van der Waals surface area contributed by atoms with Gasteiger partial charge in [0, 0.05) is 12.3 Å². The molecule has 0 aliphatic heterocycles. The number of hydrogen-bond donors (Lipinski definition) is 1. The number of thioether (sulfide) groups is 1. The van der Waals surface area contributed by atoms with Crippen LogP contribution in [0, 0.1) is 17.8 Å². The average molecular weight is 213 g/mol. The fourth-order valence-electron chi connectivity index (χ4n) is 3.20. The monoisotopic (exact) mass is 213 g/mol. The fourth-order valence-corrected chi connectivity index (χ4v) is 3.78. The quantitative estimate of drug-likeness (QED) is 0.681. The summed E-state index contributed by atoms with van der Waals surface area (Å²) >= 11 is 2.04. The van der Waals surface area contributed by atoms with Crippen LogP contribution in [0.2, 0.25) is 0 Å². The predicted molar refractivity (Wildman–Crippen MR) is 64.8 cm³/mol. The molecule has 1 N–H and O–H groups in total. The Labute approximate surface area is 92.4 Å². The van der Waals surface area contributed by atoms with Crippen LogP contribution in [0.1, 0.15) is 32.6 Å². The molecule has 2 heteroatoms. The molecule has 2 rings (SSSR count). The number of rotatable bonds is 6. The first-order valence-electron chi connectivity index (χ1n) is 6.18. The van der Waals surface area contributed by atoms with Crippen LogP contribution < -0.4 is 5.32 Å². The Hall–Kier alpha value is 0.310. The van der Waals surface area contributed by atoms with E-state index in [-0.39, 0.29) is 0 Å². The zero-order chi connectivity index (χ0) is 9.80. The zero-order valence-electron chi connectivity index (χ0n) is 9.30. The van der Waals surface area contributed by atoms with E-state index in [1.165, 1.54) is 43.9 Å². The first-order valence-corrected chi connectivity index (χ1v) is 7.34. The minimum absolute atomic E-state index is 1.03. The minimum Gasteiger partial charge on any atom is -0.316 e. The van der Waals surface area contributed by atoms with Crippen molar-refractivity contribution in [1.82, 2.24) is 5.32 Å². The van der Waals surface area contributed by atoms with Crippen molar-refractivity contribution in [2.75, 3.05) is 24.6 Å². The Balaban J connectivity index is 1.54. The molecular weight excluding hydrogens is 190 g/mol. The van der Waals surface area contributed by atoms with Crippen LogP contribution in [0.25, 0.3) is 0 Å². The molecular formula is C12H23NS. The van der Waals surface area contributed by atoms with Crippen molar-refractivity contribution in [3.05, 3.63) is 0 Å². The van der Waals surface area contributed by atoms with Gasteiger partial charge in [0.15, 0.2) is 0 Å². The van der Waals surface area contributed by atoms with E-state index in [9.17, 15) is 0 Å². The van der Waals surface area contributed by atoms with Gasteiger partial charge in [0.05, 0.1) is 0 Å². The zero-order valence-corrected chi connectivity index (χ0v) is 10.1. The fraction of sp³-hybridized carbons (Fsp3) is 1.00. The van der Waals surface area contributed by atoms with E-state index < -0.39 is 0 Å². The molecule has 0 saturated heterocycles. The van der Waals surface area contributed by atoms with Crippen molar-refractivity contribution in [2.45, 2.75) is 32.6 Å². The largest absolute Gasteiger partial charge is 0.316 e. The van der Waals surface area contributed by atoms with Crippen molar-refractivity contribution in [3.63, 3.8) is 0 Å². The highest BCUT2D eigenvalue weighted by Gasteiger charge is 2.38. The van der Waals surface area contributed by atoms with E-state index >= 15 is 0 Å². The first kappa shape index (κ1) is 10.8. The minimum atomic E-state index is 1.03. The molecule has 2 bridgehead atoms. The Morgan fingerprint density at radius 3 is 2.86 bits per heavy atom. The Morgan fingerprint density at radius 2 is 2.21 bits per heavy atom. The van der Waals surface area contributed by atoms with Crippen LogP contribution in [0.5, 0.6) is 0 Å². The molecule has 0 spiro atoms. The first-order chi connectivity index (χ1) is 6.90. The van der Waals surface area contributed by atoms with Gasteiger partial charge in [0.25, 0.3) is 0 Å². The summed E-state index contributed by atoms with van der Waals surface area (Å²) in [5, 5.41) is 3.63. The molecule has 0 aromatic carbocycles.